The van der Waals surface area contributed by atoms with Crippen LogP contribution in [0.25, 0.3) is 11.0 Å². The van der Waals surface area contributed by atoms with Crippen LogP contribution in [0.4, 0.5) is 0 Å². The summed E-state index contributed by atoms with van der Waals surface area (Å²) in [6, 6.07) is 2.13. The van der Waals surface area contributed by atoms with Gasteiger partial charge in [0.2, 0.25) is 10.0 Å². The van der Waals surface area contributed by atoms with E-state index in [2.05, 4.69) is 9.97 Å². The Morgan fingerprint density at radius 2 is 1.95 bits per heavy atom. The van der Waals surface area contributed by atoms with Crippen LogP contribution in [0.15, 0.2) is 27.9 Å². The van der Waals surface area contributed by atoms with Crippen molar-refractivity contribution in [1.29, 1.82) is 0 Å². The molecule has 1 heterocycles. The average molecular weight is 301 g/mol. The first-order valence-electron chi connectivity index (χ1n) is 5.41. The van der Waals surface area contributed by atoms with E-state index in [1.807, 2.05) is 4.72 Å². The Morgan fingerprint density at radius 3 is 2.55 bits per heavy atom. The zero-order chi connectivity index (χ0) is 14.9. The second-order valence-corrected chi connectivity index (χ2v) is 5.70. The van der Waals surface area contributed by atoms with Gasteiger partial charge in [-0.1, -0.05) is 0 Å². The molecule has 10 heteroatoms. The van der Waals surface area contributed by atoms with Gasteiger partial charge in [0.05, 0.1) is 22.5 Å². The van der Waals surface area contributed by atoms with Gasteiger partial charge in [0.15, 0.2) is 0 Å². The number of fused-ring (bicyclic) bond motifs is 1. The molecule has 9 nitrogen and oxygen atoms in total. The number of nitrogens with one attached hydrogen (secondary N) is 3. The van der Waals surface area contributed by atoms with E-state index >= 15 is 0 Å². The van der Waals surface area contributed by atoms with Gasteiger partial charge in [-0.2, -0.15) is 4.72 Å². The summed E-state index contributed by atoms with van der Waals surface area (Å²) in [5.74, 6) is -1.49. The Morgan fingerprint density at radius 1 is 1.30 bits per heavy atom. The van der Waals surface area contributed by atoms with Gasteiger partial charge in [0.25, 0.3) is 0 Å². The Kier molecular flexibility index (Phi) is 3.61. The lowest BCUT2D eigenvalue weighted by Crippen LogP contribution is -2.43. The van der Waals surface area contributed by atoms with Gasteiger partial charge >= 0.3 is 11.7 Å². The number of sulfonamides is 1. The second-order valence-electron chi connectivity index (χ2n) is 3.98. The molecule has 0 aliphatic carbocycles. The van der Waals surface area contributed by atoms with Gasteiger partial charge in [-0.05, 0) is 18.2 Å². The third-order valence-electron chi connectivity index (χ3n) is 2.58. The topological polar surface area (TPSA) is 152 Å². The first-order chi connectivity index (χ1) is 9.33. The number of aliphatic carboxylic acids is 1. The van der Waals surface area contributed by atoms with Crippen LogP contribution in [0.1, 0.15) is 0 Å². The number of hydrogen-bond donors (Lipinski definition) is 5. The van der Waals surface area contributed by atoms with E-state index in [1.165, 1.54) is 18.2 Å². The summed E-state index contributed by atoms with van der Waals surface area (Å²) in [6.45, 7) is -0.877. The minimum atomic E-state index is -4.13. The minimum Gasteiger partial charge on any atom is -0.480 e. The fourth-order valence-electron chi connectivity index (χ4n) is 1.60. The third-order valence-corrected chi connectivity index (χ3v) is 4.05. The van der Waals surface area contributed by atoms with E-state index in [0.29, 0.717) is 5.52 Å². The van der Waals surface area contributed by atoms with Crippen LogP contribution in [-0.2, 0) is 14.8 Å². The molecule has 0 radical (unpaired) electrons. The number of carboxylic acid groups (broad SMARTS) is 1. The van der Waals surface area contributed by atoms with Gasteiger partial charge in [-0.15, -0.1) is 0 Å². The summed E-state index contributed by atoms with van der Waals surface area (Å²) in [4.78, 5) is 26.4. The summed E-state index contributed by atoms with van der Waals surface area (Å²) in [5.41, 5.74) is 0.209. The molecule has 1 aromatic carbocycles. The number of imidazole rings is 1. The molecule has 1 aromatic heterocycles. The number of carbonyl (C=O) groups is 1. The Hall–Kier alpha value is -2.17. The first-order valence-corrected chi connectivity index (χ1v) is 6.90. The summed E-state index contributed by atoms with van der Waals surface area (Å²) in [7, 11) is -4.13. The van der Waals surface area contributed by atoms with Gasteiger partial charge in [0.1, 0.15) is 6.04 Å². The van der Waals surface area contributed by atoms with E-state index in [4.69, 9.17) is 10.2 Å². The highest BCUT2D eigenvalue weighted by Crippen LogP contribution is 2.15. The largest absolute Gasteiger partial charge is 0.480 e. The smallest absolute Gasteiger partial charge is 0.324 e. The maximum Gasteiger partial charge on any atom is 0.324 e. The van der Waals surface area contributed by atoms with Crippen molar-refractivity contribution in [3.05, 3.63) is 28.7 Å². The number of aliphatic hydroxyl groups excluding tert-OH is 1. The monoisotopic (exact) mass is 301 g/mol. The van der Waals surface area contributed by atoms with Gasteiger partial charge < -0.3 is 20.2 Å². The molecule has 5 N–H and O–H groups in total. The second kappa shape index (κ2) is 5.07. The summed E-state index contributed by atoms with van der Waals surface area (Å²) in [5, 5.41) is 17.5. The van der Waals surface area contributed by atoms with Crippen LogP contribution < -0.4 is 10.4 Å². The molecule has 2 rings (SSSR count). The van der Waals surface area contributed by atoms with Gasteiger partial charge in [0, 0.05) is 0 Å². The zero-order valence-electron chi connectivity index (χ0n) is 9.95. The number of carboxylic acids is 1. The average Bonchev–Trinajstić information content (AvgIpc) is 2.74. The molecular formula is C10H11N3O6S. The highest BCUT2D eigenvalue weighted by molar-refractivity contribution is 7.89. The van der Waals surface area contributed by atoms with Crippen molar-refractivity contribution in [2.75, 3.05) is 6.61 Å². The van der Waals surface area contributed by atoms with Crippen LogP contribution in [0.2, 0.25) is 0 Å². The van der Waals surface area contributed by atoms with E-state index in [0.717, 1.165) is 0 Å². The number of aromatic nitrogens is 2. The van der Waals surface area contributed by atoms with Crippen LogP contribution in [0.5, 0.6) is 0 Å². The summed E-state index contributed by atoms with van der Waals surface area (Å²) < 4.78 is 25.8. The Labute approximate surface area is 112 Å². The molecule has 1 unspecified atom stereocenters. The SMILES string of the molecule is O=C(O)C(CO)NS(=O)(=O)c1ccc2[nH]c(=O)[nH]c2c1. The first kappa shape index (κ1) is 14.2. The normalized spacial score (nSPS) is 13.4. The van der Waals surface area contributed by atoms with Crippen molar-refractivity contribution in [3.63, 3.8) is 0 Å². The summed E-state index contributed by atoms with van der Waals surface area (Å²) >= 11 is 0. The van der Waals surface area contributed by atoms with E-state index < -0.39 is 34.3 Å². The number of benzene rings is 1. The lowest BCUT2D eigenvalue weighted by Gasteiger charge is -2.12. The van der Waals surface area contributed by atoms with Crippen molar-refractivity contribution in [2.24, 2.45) is 0 Å². The molecule has 0 aliphatic heterocycles. The molecule has 20 heavy (non-hydrogen) atoms. The molecule has 108 valence electrons. The van der Waals surface area contributed by atoms with Crippen molar-refractivity contribution in [3.8, 4) is 0 Å². The van der Waals surface area contributed by atoms with Crippen LogP contribution in [0, 0.1) is 0 Å². The summed E-state index contributed by atoms with van der Waals surface area (Å²) in [6.07, 6.45) is 0. The predicted octanol–water partition coefficient (Wildman–Crippen LogP) is -1.42. The molecule has 0 bridgehead atoms. The van der Waals surface area contributed by atoms with E-state index in [9.17, 15) is 18.0 Å². The Bertz CT molecular complexity index is 806. The van der Waals surface area contributed by atoms with Crippen molar-refractivity contribution in [1.82, 2.24) is 14.7 Å². The number of aromatic amines is 2. The van der Waals surface area contributed by atoms with E-state index in [-0.39, 0.29) is 10.4 Å². The number of aliphatic hydroxyl groups is 1. The van der Waals surface area contributed by atoms with Gasteiger partial charge in [-0.3, -0.25) is 4.79 Å². The van der Waals surface area contributed by atoms with Crippen LogP contribution >= 0.6 is 0 Å². The lowest BCUT2D eigenvalue weighted by atomic mass is 10.3. The molecule has 1 atom stereocenters. The van der Waals surface area contributed by atoms with Crippen molar-refractivity contribution in [2.45, 2.75) is 10.9 Å². The number of rotatable bonds is 5. The highest BCUT2D eigenvalue weighted by Gasteiger charge is 2.24. The van der Waals surface area contributed by atoms with Crippen LogP contribution in [0.3, 0.4) is 0 Å². The number of H-pyrrole nitrogens is 2. The minimum absolute atomic E-state index is 0.222. The maximum atomic E-state index is 12.0. The van der Waals surface area contributed by atoms with Crippen molar-refractivity contribution >= 4 is 27.0 Å². The Balaban J connectivity index is 2.40. The van der Waals surface area contributed by atoms with Gasteiger partial charge in [-0.25, -0.2) is 13.2 Å². The molecule has 2 aromatic rings. The molecule has 0 fully saturated rings. The standard InChI is InChI=1S/C10H11N3O6S/c14-4-8(9(15)16)13-20(18,19)5-1-2-6-7(3-5)12-10(17)11-6/h1-3,8,13-14H,4H2,(H,15,16)(H2,11,12,17). The molecule has 0 amide bonds. The molecule has 0 saturated heterocycles. The molecule has 0 aliphatic rings. The molecule has 0 saturated carbocycles. The number of hydrogen-bond acceptors (Lipinski definition) is 5. The fourth-order valence-corrected chi connectivity index (χ4v) is 2.81. The molecular weight excluding hydrogens is 290 g/mol. The zero-order valence-corrected chi connectivity index (χ0v) is 10.8. The highest BCUT2D eigenvalue weighted by atomic mass is 32.2. The van der Waals surface area contributed by atoms with E-state index in [1.54, 1.807) is 0 Å². The van der Waals surface area contributed by atoms with Crippen molar-refractivity contribution < 1.29 is 23.4 Å². The quantitative estimate of drug-likeness (QED) is 0.457. The predicted molar refractivity (Wildman–Crippen MR) is 67.8 cm³/mol. The third kappa shape index (κ3) is 2.71. The maximum absolute atomic E-state index is 12.0. The molecule has 0 spiro atoms. The van der Waals surface area contributed by atoms with Crippen LogP contribution in [-0.4, -0.2) is 47.2 Å². The lowest BCUT2D eigenvalue weighted by molar-refractivity contribution is -0.139. The fraction of sp³-hybridized carbons (Fsp3) is 0.200.